The van der Waals surface area contributed by atoms with Crippen LogP contribution in [0.3, 0.4) is 0 Å². The lowest BCUT2D eigenvalue weighted by Gasteiger charge is -2.38. The van der Waals surface area contributed by atoms with E-state index in [1.165, 1.54) is 11.3 Å². The molecule has 2 aromatic rings. The van der Waals surface area contributed by atoms with Crippen LogP contribution in [0.2, 0.25) is 0 Å². The molecule has 1 fully saturated rings. The zero-order valence-electron chi connectivity index (χ0n) is 15.6. The quantitative estimate of drug-likeness (QED) is 0.869. The number of benzene rings is 1. The molecule has 2 heterocycles. The van der Waals surface area contributed by atoms with E-state index >= 15 is 0 Å². The number of anilines is 1. The standard InChI is InChI=1S/C19H25N3O3S/c1-12-9-22(10-13(2)25-12)14(3)18(23)21-19-20-17(11-26-19)15-5-7-16(24-4)8-6-15/h5-8,11-14H,9-10H2,1-4H3,(H,20,21,23). The van der Waals surface area contributed by atoms with Crippen molar-refractivity contribution in [1.29, 1.82) is 0 Å². The van der Waals surface area contributed by atoms with E-state index in [2.05, 4.69) is 15.2 Å². The largest absolute Gasteiger partial charge is 0.497 e. The number of nitrogens with one attached hydrogen (secondary N) is 1. The van der Waals surface area contributed by atoms with Gasteiger partial charge in [0.05, 0.1) is 31.1 Å². The molecule has 1 aromatic heterocycles. The van der Waals surface area contributed by atoms with Gasteiger partial charge >= 0.3 is 0 Å². The molecule has 3 atom stereocenters. The summed E-state index contributed by atoms with van der Waals surface area (Å²) in [5.74, 6) is 0.766. The third-order valence-electron chi connectivity index (χ3n) is 4.50. The normalized spacial score (nSPS) is 22.0. The Morgan fingerprint density at radius 3 is 2.58 bits per heavy atom. The van der Waals surface area contributed by atoms with Gasteiger partial charge in [0.15, 0.2) is 5.13 Å². The number of morpholine rings is 1. The fourth-order valence-corrected chi connectivity index (χ4v) is 3.86. The molecule has 3 rings (SSSR count). The van der Waals surface area contributed by atoms with Crippen LogP contribution in [0.15, 0.2) is 29.6 Å². The number of aromatic nitrogens is 1. The van der Waals surface area contributed by atoms with Gasteiger partial charge in [0, 0.05) is 24.0 Å². The highest BCUT2D eigenvalue weighted by atomic mass is 32.1. The molecule has 1 saturated heterocycles. The number of rotatable bonds is 5. The molecule has 1 amide bonds. The molecular weight excluding hydrogens is 350 g/mol. The summed E-state index contributed by atoms with van der Waals surface area (Å²) in [6, 6.07) is 7.49. The second kappa shape index (κ2) is 8.16. The van der Waals surface area contributed by atoms with E-state index in [-0.39, 0.29) is 24.2 Å². The van der Waals surface area contributed by atoms with Gasteiger partial charge in [-0.1, -0.05) is 0 Å². The van der Waals surface area contributed by atoms with Crippen LogP contribution in [-0.4, -0.2) is 54.2 Å². The monoisotopic (exact) mass is 375 g/mol. The molecule has 1 aromatic carbocycles. The number of nitrogens with zero attached hydrogens (tertiary/aromatic N) is 2. The third kappa shape index (κ3) is 4.41. The summed E-state index contributed by atoms with van der Waals surface area (Å²) < 4.78 is 10.9. The summed E-state index contributed by atoms with van der Waals surface area (Å²) in [4.78, 5) is 19.3. The minimum atomic E-state index is -0.225. The van der Waals surface area contributed by atoms with Gasteiger partial charge in [0.2, 0.25) is 5.91 Å². The Kier molecular flexibility index (Phi) is 5.90. The molecule has 6 nitrogen and oxygen atoms in total. The summed E-state index contributed by atoms with van der Waals surface area (Å²) in [7, 11) is 1.64. The summed E-state index contributed by atoms with van der Waals surface area (Å²) >= 11 is 1.43. The zero-order chi connectivity index (χ0) is 18.7. The van der Waals surface area contributed by atoms with E-state index in [0.29, 0.717) is 5.13 Å². The molecule has 140 valence electrons. The predicted octanol–water partition coefficient (Wildman–Crippen LogP) is 3.25. The van der Waals surface area contributed by atoms with Gasteiger partial charge in [-0.15, -0.1) is 11.3 Å². The van der Waals surface area contributed by atoms with Gasteiger partial charge in [-0.2, -0.15) is 0 Å². The molecule has 0 aliphatic carbocycles. The number of hydrogen-bond acceptors (Lipinski definition) is 6. The summed E-state index contributed by atoms with van der Waals surface area (Å²) in [6.07, 6.45) is 0.270. The van der Waals surface area contributed by atoms with E-state index in [1.54, 1.807) is 7.11 Å². The number of carbonyl (C=O) groups is 1. The topological polar surface area (TPSA) is 63.7 Å². The molecule has 0 radical (unpaired) electrons. The number of hydrogen-bond donors (Lipinski definition) is 1. The maximum absolute atomic E-state index is 12.6. The van der Waals surface area contributed by atoms with Crippen LogP contribution in [0.1, 0.15) is 20.8 Å². The first kappa shape index (κ1) is 18.8. The van der Waals surface area contributed by atoms with Crippen molar-refractivity contribution in [3.05, 3.63) is 29.6 Å². The number of amides is 1. The summed E-state index contributed by atoms with van der Waals surface area (Å²) in [5, 5.41) is 5.50. The minimum absolute atomic E-state index is 0.0399. The summed E-state index contributed by atoms with van der Waals surface area (Å²) in [5.41, 5.74) is 1.83. The highest BCUT2D eigenvalue weighted by Gasteiger charge is 2.29. The Hall–Kier alpha value is -1.96. The molecular formula is C19H25N3O3S. The summed E-state index contributed by atoms with van der Waals surface area (Å²) in [6.45, 7) is 7.52. The van der Waals surface area contributed by atoms with Crippen molar-refractivity contribution in [1.82, 2.24) is 9.88 Å². The van der Waals surface area contributed by atoms with E-state index in [1.807, 2.05) is 50.4 Å². The van der Waals surface area contributed by atoms with Crippen LogP contribution in [0, 0.1) is 0 Å². The van der Waals surface area contributed by atoms with Crippen molar-refractivity contribution in [2.24, 2.45) is 0 Å². The van der Waals surface area contributed by atoms with Crippen molar-refractivity contribution in [3.63, 3.8) is 0 Å². The number of ether oxygens (including phenoxy) is 2. The Labute approximate surface area is 158 Å². The molecule has 3 unspecified atom stereocenters. The first-order chi connectivity index (χ1) is 12.5. The molecule has 1 aliphatic heterocycles. The Bertz CT molecular complexity index is 737. The Morgan fingerprint density at radius 2 is 1.96 bits per heavy atom. The predicted molar refractivity (Wildman–Crippen MR) is 104 cm³/mol. The van der Waals surface area contributed by atoms with Crippen LogP contribution in [0.5, 0.6) is 5.75 Å². The lowest BCUT2D eigenvalue weighted by Crippen LogP contribution is -2.52. The maximum Gasteiger partial charge on any atom is 0.243 e. The zero-order valence-corrected chi connectivity index (χ0v) is 16.4. The lowest BCUT2D eigenvalue weighted by molar-refractivity contribution is -0.126. The maximum atomic E-state index is 12.6. The Morgan fingerprint density at radius 1 is 1.31 bits per heavy atom. The highest BCUT2D eigenvalue weighted by Crippen LogP contribution is 2.26. The van der Waals surface area contributed by atoms with Crippen molar-refractivity contribution in [2.75, 3.05) is 25.5 Å². The second-order valence-corrected chi connectivity index (χ2v) is 7.50. The van der Waals surface area contributed by atoms with Crippen LogP contribution in [0.4, 0.5) is 5.13 Å². The number of methoxy groups -OCH3 is 1. The minimum Gasteiger partial charge on any atom is -0.497 e. The molecule has 0 spiro atoms. The van der Waals surface area contributed by atoms with E-state index in [9.17, 15) is 4.79 Å². The molecule has 1 N–H and O–H groups in total. The molecule has 0 bridgehead atoms. The van der Waals surface area contributed by atoms with Crippen molar-refractivity contribution in [2.45, 2.75) is 39.0 Å². The van der Waals surface area contributed by atoms with Crippen molar-refractivity contribution >= 4 is 22.4 Å². The fourth-order valence-electron chi connectivity index (χ4n) is 3.14. The van der Waals surface area contributed by atoms with E-state index in [4.69, 9.17) is 9.47 Å². The smallest absolute Gasteiger partial charge is 0.243 e. The lowest BCUT2D eigenvalue weighted by atomic mass is 10.1. The molecule has 7 heteroatoms. The van der Waals surface area contributed by atoms with Gasteiger partial charge in [-0.05, 0) is 45.0 Å². The van der Waals surface area contributed by atoms with E-state index in [0.717, 1.165) is 30.1 Å². The van der Waals surface area contributed by atoms with Gasteiger partial charge in [-0.3, -0.25) is 9.69 Å². The van der Waals surface area contributed by atoms with Gasteiger partial charge in [-0.25, -0.2) is 4.98 Å². The Balaban J connectivity index is 1.63. The van der Waals surface area contributed by atoms with Crippen LogP contribution < -0.4 is 10.1 Å². The van der Waals surface area contributed by atoms with Crippen LogP contribution >= 0.6 is 11.3 Å². The molecule has 26 heavy (non-hydrogen) atoms. The molecule has 0 saturated carbocycles. The first-order valence-electron chi connectivity index (χ1n) is 8.76. The number of carbonyl (C=O) groups excluding carboxylic acids is 1. The van der Waals surface area contributed by atoms with Gasteiger partial charge in [0.1, 0.15) is 5.75 Å². The van der Waals surface area contributed by atoms with Crippen LogP contribution in [-0.2, 0) is 9.53 Å². The van der Waals surface area contributed by atoms with Gasteiger partial charge < -0.3 is 14.8 Å². The van der Waals surface area contributed by atoms with Crippen molar-refractivity contribution < 1.29 is 14.3 Å². The van der Waals surface area contributed by atoms with E-state index < -0.39 is 0 Å². The highest BCUT2D eigenvalue weighted by molar-refractivity contribution is 7.14. The van der Waals surface area contributed by atoms with Crippen molar-refractivity contribution in [3.8, 4) is 17.0 Å². The fraction of sp³-hybridized carbons (Fsp3) is 0.474. The average Bonchev–Trinajstić information content (AvgIpc) is 3.08. The average molecular weight is 375 g/mol. The van der Waals surface area contributed by atoms with Crippen LogP contribution in [0.25, 0.3) is 11.3 Å². The first-order valence-corrected chi connectivity index (χ1v) is 9.64. The van der Waals surface area contributed by atoms with Gasteiger partial charge in [0.25, 0.3) is 0 Å². The SMILES string of the molecule is COc1ccc(-c2csc(NC(=O)C(C)N3CC(C)OC(C)C3)n2)cc1. The third-order valence-corrected chi connectivity index (χ3v) is 5.25. The second-order valence-electron chi connectivity index (χ2n) is 6.64. The number of thiazole rings is 1. The molecule has 1 aliphatic rings.